The van der Waals surface area contributed by atoms with Crippen LogP contribution >= 0.6 is 21.6 Å². The van der Waals surface area contributed by atoms with Crippen molar-refractivity contribution >= 4 is 56.8 Å². The van der Waals surface area contributed by atoms with E-state index in [-0.39, 0.29) is 11.9 Å². The van der Waals surface area contributed by atoms with Gasteiger partial charge in [0.2, 0.25) is 23.8 Å². The summed E-state index contributed by atoms with van der Waals surface area (Å²) in [6.45, 7) is 4.00. The molecule has 218 valence electrons. The highest BCUT2D eigenvalue weighted by atomic mass is 33.1. The van der Waals surface area contributed by atoms with Gasteiger partial charge < -0.3 is 22.1 Å². The zero-order valence-electron chi connectivity index (χ0n) is 23.8. The Morgan fingerprint density at radius 1 is 0.545 bits per heavy atom. The molecule has 0 amide bonds. The number of aromatic nitrogens is 7. The summed E-state index contributed by atoms with van der Waals surface area (Å²) < 4.78 is 0. The summed E-state index contributed by atoms with van der Waals surface area (Å²) in [5.41, 5.74) is 17.4. The van der Waals surface area contributed by atoms with Crippen LogP contribution in [0.25, 0.3) is 22.9 Å². The summed E-state index contributed by atoms with van der Waals surface area (Å²) in [4.78, 5) is 32.7. The SMILES string of the molecule is Cc1ccc(-c2nc(N)nc(Nc3ccccc3SSc3ccccc3Nc3nc(N)nc(-c4ccc(C)cn4)n3)n2)cc1. The van der Waals surface area contributed by atoms with Crippen molar-refractivity contribution in [2.75, 3.05) is 22.1 Å². The topological polar surface area (TPSA) is 166 Å². The fourth-order valence-electron chi connectivity index (χ4n) is 4.06. The van der Waals surface area contributed by atoms with Crippen molar-refractivity contribution in [1.29, 1.82) is 0 Å². The Morgan fingerprint density at radius 3 is 1.64 bits per heavy atom. The Labute approximate surface area is 261 Å². The first-order valence-corrected chi connectivity index (χ1v) is 15.6. The third-order valence-electron chi connectivity index (χ3n) is 6.24. The van der Waals surface area contributed by atoms with Crippen molar-refractivity contribution in [3.05, 3.63) is 102 Å². The molecule has 3 aromatic carbocycles. The number of nitrogens with zero attached hydrogens (tertiary/aromatic N) is 7. The fourth-order valence-corrected chi connectivity index (χ4v) is 6.33. The largest absolute Gasteiger partial charge is 0.368 e. The fraction of sp³-hybridized carbons (Fsp3) is 0.0645. The van der Waals surface area contributed by atoms with Crippen LogP contribution in [0.5, 0.6) is 0 Å². The number of benzene rings is 3. The van der Waals surface area contributed by atoms with Gasteiger partial charge in [0, 0.05) is 21.6 Å². The Morgan fingerprint density at radius 2 is 1.07 bits per heavy atom. The number of nitrogens with one attached hydrogen (secondary N) is 2. The molecule has 0 radical (unpaired) electrons. The third kappa shape index (κ3) is 7.02. The first kappa shape index (κ1) is 28.8. The van der Waals surface area contributed by atoms with Crippen LogP contribution in [0.4, 0.5) is 35.2 Å². The Bertz CT molecular complexity index is 1780. The van der Waals surface area contributed by atoms with Gasteiger partial charge in [-0.15, -0.1) is 0 Å². The van der Waals surface area contributed by atoms with Crippen LogP contribution in [0.15, 0.2) is 101 Å². The van der Waals surface area contributed by atoms with Gasteiger partial charge >= 0.3 is 0 Å². The van der Waals surface area contributed by atoms with Crippen LogP contribution in [0.3, 0.4) is 0 Å². The van der Waals surface area contributed by atoms with E-state index in [1.54, 1.807) is 27.8 Å². The maximum atomic E-state index is 6.05. The molecule has 0 atom stereocenters. The van der Waals surface area contributed by atoms with E-state index in [2.05, 4.69) is 45.5 Å². The summed E-state index contributed by atoms with van der Waals surface area (Å²) in [5.74, 6) is 1.82. The number of para-hydroxylation sites is 2. The number of aryl methyl sites for hydroxylation is 2. The monoisotopic (exact) mass is 617 g/mol. The molecule has 3 heterocycles. The number of pyridine rings is 1. The molecular weight excluding hydrogens is 591 g/mol. The van der Waals surface area contributed by atoms with Gasteiger partial charge in [-0.1, -0.05) is 81.7 Å². The van der Waals surface area contributed by atoms with Crippen molar-refractivity contribution in [2.24, 2.45) is 0 Å². The third-order valence-corrected chi connectivity index (χ3v) is 8.73. The molecule has 6 N–H and O–H groups in total. The minimum atomic E-state index is 0.101. The maximum Gasteiger partial charge on any atom is 0.232 e. The molecule has 6 aromatic rings. The van der Waals surface area contributed by atoms with E-state index < -0.39 is 0 Å². The molecule has 6 rings (SSSR count). The number of nitrogens with two attached hydrogens (primary N) is 2. The zero-order chi connectivity index (χ0) is 30.5. The van der Waals surface area contributed by atoms with Crippen LogP contribution < -0.4 is 22.1 Å². The standard InChI is InChI=1S/C31H27N11S2/c1-18-11-14-20(15-12-18)26-37-28(32)41-30(39-26)35-21-7-3-5-9-24(21)43-44-25-10-6-4-8-22(25)36-31-40-27(38-29(33)42-31)23-16-13-19(2)17-34-23/h3-17H,1-2H3,(H3,32,35,37,39,41)(H3,33,36,38,40,42). The van der Waals surface area contributed by atoms with Crippen LogP contribution in [0.2, 0.25) is 0 Å². The maximum absolute atomic E-state index is 6.05. The van der Waals surface area contributed by atoms with Crippen LogP contribution in [0, 0.1) is 13.8 Å². The van der Waals surface area contributed by atoms with E-state index in [0.717, 1.165) is 37.9 Å². The van der Waals surface area contributed by atoms with Gasteiger partial charge in [0.15, 0.2) is 11.6 Å². The van der Waals surface area contributed by atoms with Gasteiger partial charge in [-0.05, 0) is 49.7 Å². The Hall–Kier alpha value is -5.27. The van der Waals surface area contributed by atoms with Crippen molar-refractivity contribution in [3.8, 4) is 22.9 Å². The first-order chi connectivity index (χ1) is 21.4. The van der Waals surface area contributed by atoms with E-state index in [9.17, 15) is 0 Å². The summed E-state index contributed by atoms with van der Waals surface area (Å²) in [7, 11) is 3.16. The van der Waals surface area contributed by atoms with Crippen LogP contribution in [-0.2, 0) is 0 Å². The second kappa shape index (κ2) is 12.9. The lowest BCUT2D eigenvalue weighted by Crippen LogP contribution is -2.06. The molecule has 0 aliphatic carbocycles. The summed E-state index contributed by atoms with van der Waals surface area (Å²) in [5, 5.41) is 6.61. The quantitative estimate of drug-likeness (QED) is 0.124. The molecular formula is C31H27N11S2. The molecule has 0 saturated heterocycles. The highest BCUT2D eigenvalue weighted by molar-refractivity contribution is 8.76. The lowest BCUT2D eigenvalue weighted by Gasteiger charge is -2.13. The average Bonchev–Trinajstić information content (AvgIpc) is 3.01. The molecule has 44 heavy (non-hydrogen) atoms. The predicted molar refractivity (Wildman–Crippen MR) is 178 cm³/mol. The lowest BCUT2D eigenvalue weighted by molar-refractivity contribution is 1.06. The van der Waals surface area contributed by atoms with E-state index in [1.807, 2.05) is 98.8 Å². The van der Waals surface area contributed by atoms with Gasteiger partial charge in [0.1, 0.15) is 5.69 Å². The van der Waals surface area contributed by atoms with Gasteiger partial charge in [-0.3, -0.25) is 4.98 Å². The minimum absolute atomic E-state index is 0.101. The van der Waals surface area contributed by atoms with E-state index in [0.29, 0.717) is 29.2 Å². The minimum Gasteiger partial charge on any atom is -0.368 e. The van der Waals surface area contributed by atoms with E-state index >= 15 is 0 Å². The summed E-state index contributed by atoms with van der Waals surface area (Å²) in [6.07, 6.45) is 1.76. The molecule has 0 aliphatic heterocycles. The number of nitrogen functional groups attached to an aromatic ring is 2. The summed E-state index contributed by atoms with van der Waals surface area (Å²) in [6, 6.07) is 27.5. The molecule has 0 fully saturated rings. The van der Waals surface area contributed by atoms with E-state index in [1.165, 1.54) is 0 Å². The van der Waals surface area contributed by atoms with Gasteiger partial charge in [0.25, 0.3) is 0 Å². The molecule has 0 spiro atoms. The molecule has 0 saturated carbocycles. The van der Waals surface area contributed by atoms with Crippen molar-refractivity contribution < 1.29 is 0 Å². The number of hydrogen-bond acceptors (Lipinski definition) is 13. The zero-order valence-corrected chi connectivity index (χ0v) is 25.4. The van der Waals surface area contributed by atoms with Crippen molar-refractivity contribution in [3.63, 3.8) is 0 Å². The second-order valence-corrected chi connectivity index (χ2v) is 11.9. The molecule has 0 bridgehead atoms. The molecule has 0 unspecified atom stereocenters. The smallest absolute Gasteiger partial charge is 0.232 e. The highest BCUT2D eigenvalue weighted by Crippen LogP contribution is 2.44. The average molecular weight is 618 g/mol. The van der Waals surface area contributed by atoms with Crippen molar-refractivity contribution in [2.45, 2.75) is 23.6 Å². The molecule has 13 heteroatoms. The van der Waals surface area contributed by atoms with Crippen LogP contribution in [0.1, 0.15) is 11.1 Å². The van der Waals surface area contributed by atoms with Gasteiger partial charge in [-0.25, -0.2) is 0 Å². The molecule has 0 aliphatic rings. The van der Waals surface area contributed by atoms with Crippen LogP contribution in [-0.4, -0.2) is 34.9 Å². The van der Waals surface area contributed by atoms with Gasteiger partial charge in [0.05, 0.1) is 11.4 Å². The number of hydrogen-bond donors (Lipinski definition) is 4. The first-order valence-electron chi connectivity index (χ1n) is 13.5. The Kier molecular flexibility index (Phi) is 8.48. The molecule has 11 nitrogen and oxygen atoms in total. The second-order valence-electron chi connectivity index (χ2n) is 9.68. The number of anilines is 6. The van der Waals surface area contributed by atoms with Crippen molar-refractivity contribution in [1.82, 2.24) is 34.9 Å². The van der Waals surface area contributed by atoms with E-state index in [4.69, 9.17) is 11.5 Å². The predicted octanol–water partition coefficient (Wildman–Crippen LogP) is 6.85. The highest BCUT2D eigenvalue weighted by Gasteiger charge is 2.13. The lowest BCUT2D eigenvalue weighted by atomic mass is 10.1. The summed E-state index contributed by atoms with van der Waals surface area (Å²) >= 11 is 0. The van der Waals surface area contributed by atoms with Gasteiger partial charge in [-0.2, -0.15) is 29.9 Å². The number of rotatable bonds is 9. The normalized spacial score (nSPS) is 10.9. The Balaban J connectivity index is 1.20. The molecule has 3 aromatic heterocycles.